The van der Waals surface area contributed by atoms with Crippen molar-refractivity contribution in [2.75, 3.05) is 7.05 Å². The van der Waals surface area contributed by atoms with Crippen LogP contribution in [0.2, 0.25) is 0 Å². The van der Waals surface area contributed by atoms with Gasteiger partial charge in [-0.25, -0.2) is 8.42 Å². The summed E-state index contributed by atoms with van der Waals surface area (Å²) in [6, 6.07) is 10.5. The summed E-state index contributed by atoms with van der Waals surface area (Å²) in [6.07, 6.45) is -0.481. The largest absolute Gasteiger partial charge is 0.370 e. The van der Waals surface area contributed by atoms with Crippen LogP contribution in [0.15, 0.2) is 47.4 Å². The highest BCUT2D eigenvalue weighted by Gasteiger charge is 2.33. The molecular formula is C15H15ClN2O4S. The molecule has 0 spiro atoms. The molecule has 6 nitrogen and oxygen atoms in total. The summed E-state index contributed by atoms with van der Waals surface area (Å²) >= 11 is 5.42. The van der Waals surface area contributed by atoms with Crippen LogP contribution < -0.4 is 5.73 Å². The van der Waals surface area contributed by atoms with Crippen LogP contribution in [0.4, 0.5) is 0 Å². The van der Waals surface area contributed by atoms with E-state index in [-0.39, 0.29) is 4.90 Å². The second kappa shape index (κ2) is 6.66. The third-order valence-corrected chi connectivity index (χ3v) is 5.61. The molecule has 23 heavy (non-hydrogen) atoms. The predicted molar refractivity (Wildman–Crippen MR) is 87.4 cm³/mol. The van der Waals surface area contributed by atoms with E-state index in [4.69, 9.17) is 17.3 Å². The first-order valence-corrected chi connectivity index (χ1v) is 8.50. The zero-order chi connectivity index (χ0) is 17.2. The third kappa shape index (κ3) is 3.69. The van der Waals surface area contributed by atoms with Crippen LogP contribution in [0.1, 0.15) is 6.42 Å². The molecule has 0 radical (unpaired) electrons. The number of nitrogens with two attached hydrogens (primary N) is 1. The summed E-state index contributed by atoms with van der Waals surface area (Å²) in [5.41, 5.74) is 5.05. The van der Waals surface area contributed by atoms with Crippen molar-refractivity contribution in [2.24, 2.45) is 5.73 Å². The van der Waals surface area contributed by atoms with E-state index in [2.05, 4.69) is 0 Å². The van der Waals surface area contributed by atoms with Gasteiger partial charge in [-0.3, -0.25) is 9.59 Å². The molecule has 0 fully saturated rings. The van der Waals surface area contributed by atoms with Gasteiger partial charge in [-0.05, 0) is 34.5 Å². The Labute approximate surface area is 138 Å². The van der Waals surface area contributed by atoms with Crippen molar-refractivity contribution in [2.45, 2.75) is 17.4 Å². The average molecular weight is 355 g/mol. The van der Waals surface area contributed by atoms with Gasteiger partial charge < -0.3 is 5.73 Å². The number of likely N-dealkylation sites (N-methyl/N-ethyl adjacent to an activating group) is 1. The lowest BCUT2D eigenvalue weighted by molar-refractivity contribution is -0.123. The normalized spacial score (nSPS) is 13.2. The molecule has 8 heteroatoms. The molecule has 0 aliphatic heterocycles. The van der Waals surface area contributed by atoms with Crippen molar-refractivity contribution in [3.05, 3.63) is 42.5 Å². The summed E-state index contributed by atoms with van der Waals surface area (Å²) < 4.78 is 26.1. The molecule has 0 saturated carbocycles. The Morgan fingerprint density at radius 1 is 1.17 bits per heavy atom. The van der Waals surface area contributed by atoms with E-state index in [0.717, 1.165) is 15.1 Å². The van der Waals surface area contributed by atoms with E-state index >= 15 is 0 Å². The van der Waals surface area contributed by atoms with Crippen LogP contribution in [-0.4, -0.2) is 37.0 Å². The number of benzene rings is 2. The topological polar surface area (TPSA) is 97.5 Å². The maximum atomic E-state index is 12.7. The Balaban J connectivity index is 2.45. The number of carbonyl (C=O) groups is 2. The number of halogens is 1. The van der Waals surface area contributed by atoms with Crippen LogP contribution in [-0.2, 0) is 19.6 Å². The second-order valence-electron chi connectivity index (χ2n) is 5.02. The molecule has 2 N–H and O–H groups in total. The quantitative estimate of drug-likeness (QED) is 0.794. The van der Waals surface area contributed by atoms with Crippen molar-refractivity contribution < 1.29 is 18.0 Å². The minimum Gasteiger partial charge on any atom is -0.370 e. The van der Waals surface area contributed by atoms with E-state index < -0.39 is 33.6 Å². The van der Waals surface area contributed by atoms with E-state index in [0.29, 0.717) is 0 Å². The number of carbonyl (C=O) groups excluding carboxylic acids is 2. The van der Waals surface area contributed by atoms with E-state index in [1.54, 1.807) is 18.2 Å². The van der Waals surface area contributed by atoms with Crippen LogP contribution in [0.25, 0.3) is 10.8 Å². The smallest absolute Gasteiger partial charge is 0.243 e. The summed E-state index contributed by atoms with van der Waals surface area (Å²) in [5, 5.41) is 0.664. The van der Waals surface area contributed by atoms with Gasteiger partial charge >= 0.3 is 0 Å². The molecule has 0 bridgehead atoms. The molecule has 2 rings (SSSR count). The number of amides is 1. The fourth-order valence-electron chi connectivity index (χ4n) is 2.20. The fraction of sp³-hybridized carbons (Fsp3) is 0.200. The first-order chi connectivity index (χ1) is 10.7. The van der Waals surface area contributed by atoms with Gasteiger partial charge in [0.1, 0.15) is 6.04 Å². The summed E-state index contributed by atoms with van der Waals surface area (Å²) in [6.45, 7) is 0. The lowest BCUT2D eigenvalue weighted by Gasteiger charge is -2.23. The third-order valence-electron chi connectivity index (χ3n) is 3.49. The first-order valence-electron chi connectivity index (χ1n) is 6.68. The first kappa shape index (κ1) is 17.4. The lowest BCUT2D eigenvalue weighted by Crippen LogP contribution is -2.43. The predicted octanol–water partition coefficient (Wildman–Crippen LogP) is 1.47. The summed E-state index contributed by atoms with van der Waals surface area (Å²) in [4.78, 5) is 22.5. The van der Waals surface area contributed by atoms with Crippen LogP contribution >= 0.6 is 11.6 Å². The number of sulfonamides is 1. The van der Waals surface area contributed by atoms with Gasteiger partial charge in [-0.1, -0.05) is 30.3 Å². The van der Waals surface area contributed by atoms with Crippen molar-refractivity contribution in [3.8, 4) is 0 Å². The number of nitrogens with zero attached hydrogens (tertiary/aromatic N) is 1. The van der Waals surface area contributed by atoms with E-state index in [1.165, 1.54) is 19.2 Å². The van der Waals surface area contributed by atoms with Gasteiger partial charge in [-0.2, -0.15) is 4.31 Å². The van der Waals surface area contributed by atoms with Gasteiger partial charge in [0.2, 0.25) is 21.2 Å². The highest BCUT2D eigenvalue weighted by molar-refractivity contribution is 7.89. The lowest BCUT2D eigenvalue weighted by atomic mass is 10.1. The fourth-order valence-corrected chi connectivity index (χ4v) is 3.84. The number of fused-ring (bicyclic) bond motifs is 1. The maximum absolute atomic E-state index is 12.7. The molecule has 0 unspecified atom stereocenters. The van der Waals surface area contributed by atoms with Crippen molar-refractivity contribution in [1.29, 1.82) is 0 Å². The number of rotatable bonds is 6. The molecule has 122 valence electrons. The number of primary amides is 1. The standard InChI is InChI=1S/C15H15ClN2O4S/c1-18(13(15(16)20)9-14(17)19)23(21,22)12-7-6-10-4-2-3-5-11(10)8-12/h2-8,13H,9H2,1H3,(H2,17,19)/t13-/m0/s1. The monoisotopic (exact) mass is 354 g/mol. The van der Waals surface area contributed by atoms with Gasteiger partial charge in [0.25, 0.3) is 0 Å². The van der Waals surface area contributed by atoms with Gasteiger partial charge in [-0.15, -0.1) is 0 Å². The zero-order valence-corrected chi connectivity index (χ0v) is 13.8. The molecule has 0 aliphatic carbocycles. The second-order valence-corrected chi connectivity index (χ2v) is 7.39. The Hall–Kier alpha value is -1.96. The van der Waals surface area contributed by atoms with Crippen LogP contribution in [0, 0.1) is 0 Å². The van der Waals surface area contributed by atoms with Crippen LogP contribution in [0.5, 0.6) is 0 Å². The van der Waals surface area contributed by atoms with Crippen molar-refractivity contribution in [1.82, 2.24) is 4.31 Å². The molecule has 2 aromatic carbocycles. The zero-order valence-electron chi connectivity index (χ0n) is 12.3. The number of hydrogen-bond acceptors (Lipinski definition) is 4. The Bertz CT molecular complexity index is 867. The van der Waals surface area contributed by atoms with Crippen LogP contribution in [0.3, 0.4) is 0 Å². The maximum Gasteiger partial charge on any atom is 0.243 e. The minimum atomic E-state index is -4.00. The molecule has 1 amide bonds. The molecule has 2 aromatic rings. The molecule has 0 aromatic heterocycles. The Kier molecular flexibility index (Phi) is 5.03. The highest BCUT2D eigenvalue weighted by Crippen LogP contribution is 2.23. The molecule has 0 saturated heterocycles. The Morgan fingerprint density at radius 3 is 2.35 bits per heavy atom. The van der Waals surface area contributed by atoms with Gasteiger partial charge in [0.15, 0.2) is 0 Å². The highest BCUT2D eigenvalue weighted by atomic mass is 35.5. The van der Waals surface area contributed by atoms with Gasteiger partial charge in [0.05, 0.1) is 11.3 Å². The number of hydrogen-bond donors (Lipinski definition) is 1. The van der Waals surface area contributed by atoms with Gasteiger partial charge in [0, 0.05) is 7.05 Å². The molecule has 0 aliphatic rings. The minimum absolute atomic E-state index is 0.00564. The average Bonchev–Trinajstić information content (AvgIpc) is 2.51. The summed E-state index contributed by atoms with van der Waals surface area (Å²) in [7, 11) is -2.81. The summed E-state index contributed by atoms with van der Waals surface area (Å²) in [5.74, 6) is -0.815. The molecule has 0 heterocycles. The molecular weight excluding hydrogens is 340 g/mol. The SMILES string of the molecule is CN([C@@H](CC(N)=O)C(=O)Cl)S(=O)(=O)c1ccc2ccccc2c1. The van der Waals surface area contributed by atoms with E-state index in [1.807, 2.05) is 12.1 Å². The van der Waals surface area contributed by atoms with Crippen molar-refractivity contribution >= 4 is 43.5 Å². The van der Waals surface area contributed by atoms with E-state index in [9.17, 15) is 18.0 Å². The van der Waals surface area contributed by atoms with Crippen molar-refractivity contribution in [3.63, 3.8) is 0 Å². The molecule has 1 atom stereocenters. The Morgan fingerprint density at radius 2 is 1.78 bits per heavy atom.